The second kappa shape index (κ2) is 5.84. The van der Waals surface area contributed by atoms with E-state index < -0.39 is 11.9 Å². The molecule has 2 aromatic heterocycles. The van der Waals surface area contributed by atoms with Crippen LogP contribution < -0.4 is 0 Å². The minimum atomic E-state index is -0.948. The summed E-state index contributed by atoms with van der Waals surface area (Å²) in [6.07, 6.45) is 2.52. The number of cyclic esters (lactones) is 1. The largest absolute Gasteiger partial charge is 0.431 e. The third kappa shape index (κ3) is 2.31. The van der Waals surface area contributed by atoms with E-state index in [1.54, 1.807) is 25.2 Å². The third-order valence-electron chi connectivity index (χ3n) is 6.84. The number of esters is 1. The van der Waals surface area contributed by atoms with E-state index in [1.165, 1.54) is 21.4 Å². The Balaban J connectivity index is 1.77. The average molecular weight is 440 g/mol. The molecular weight excluding hydrogens is 418 g/mol. The molecule has 4 nitrogen and oxygen atoms in total. The van der Waals surface area contributed by atoms with E-state index in [0.29, 0.717) is 0 Å². The first-order chi connectivity index (χ1) is 14.2. The number of nitrogens with zero attached hydrogens (tertiary/aromatic N) is 1. The highest BCUT2D eigenvalue weighted by molar-refractivity contribution is 7.19. The molecule has 6 rings (SSSR count). The summed E-state index contributed by atoms with van der Waals surface area (Å²) in [6.45, 7) is 7.84. The Morgan fingerprint density at radius 2 is 2.07 bits per heavy atom. The number of fused-ring (bicyclic) bond motifs is 3. The van der Waals surface area contributed by atoms with Crippen LogP contribution in [0.5, 0.6) is 0 Å². The van der Waals surface area contributed by atoms with Crippen LogP contribution in [-0.2, 0) is 26.1 Å². The molecular formula is C24H22ClNO3S. The second-order valence-corrected chi connectivity index (χ2v) is 10.8. The van der Waals surface area contributed by atoms with Crippen molar-refractivity contribution in [1.82, 2.24) is 4.98 Å². The lowest BCUT2D eigenvalue weighted by Crippen LogP contribution is -2.31. The van der Waals surface area contributed by atoms with E-state index >= 15 is 0 Å². The van der Waals surface area contributed by atoms with E-state index in [9.17, 15) is 4.79 Å². The Kier molecular flexibility index (Phi) is 3.66. The average Bonchev–Trinajstić information content (AvgIpc) is 3.16. The van der Waals surface area contributed by atoms with Crippen LogP contribution in [0.25, 0.3) is 21.3 Å². The summed E-state index contributed by atoms with van der Waals surface area (Å²) in [7, 11) is 0. The number of benzene rings is 1. The third-order valence-corrected chi connectivity index (χ3v) is 8.22. The van der Waals surface area contributed by atoms with E-state index in [-0.39, 0.29) is 11.4 Å². The molecule has 0 spiro atoms. The Labute approximate surface area is 184 Å². The van der Waals surface area contributed by atoms with Gasteiger partial charge in [0.05, 0.1) is 0 Å². The Hall–Kier alpha value is -1.95. The number of aryl methyl sites for hydroxylation is 2. The van der Waals surface area contributed by atoms with Gasteiger partial charge >= 0.3 is 5.97 Å². The molecule has 1 aromatic carbocycles. The molecule has 6 heteroatoms. The highest BCUT2D eigenvalue weighted by Gasteiger charge is 2.48. The molecule has 3 heterocycles. The maximum Gasteiger partial charge on any atom is 0.342 e. The van der Waals surface area contributed by atoms with Crippen LogP contribution in [0.4, 0.5) is 0 Å². The summed E-state index contributed by atoms with van der Waals surface area (Å²) in [4.78, 5) is 20.2. The lowest BCUT2D eigenvalue weighted by molar-refractivity contribution is -0.160. The van der Waals surface area contributed by atoms with Gasteiger partial charge in [-0.05, 0) is 55.0 Å². The van der Waals surface area contributed by atoms with Gasteiger partial charge in [0, 0.05) is 51.4 Å². The molecule has 0 saturated carbocycles. The summed E-state index contributed by atoms with van der Waals surface area (Å²) in [5.41, 5.74) is 6.37. The number of thiophene rings is 1. The van der Waals surface area contributed by atoms with Gasteiger partial charge in [0.15, 0.2) is 6.10 Å². The van der Waals surface area contributed by atoms with Gasteiger partial charge in [-0.1, -0.05) is 24.6 Å². The van der Waals surface area contributed by atoms with Gasteiger partial charge in [-0.2, -0.15) is 0 Å². The van der Waals surface area contributed by atoms with Crippen molar-refractivity contribution in [2.45, 2.75) is 64.3 Å². The van der Waals surface area contributed by atoms with Crippen molar-refractivity contribution in [3.63, 3.8) is 0 Å². The number of carbonyl (C=O) groups is 1. The normalized spacial score (nSPS) is 26.0. The molecule has 1 unspecified atom stereocenters. The highest BCUT2D eigenvalue weighted by atomic mass is 35.5. The zero-order valence-electron chi connectivity index (χ0n) is 17.4. The van der Waals surface area contributed by atoms with Crippen molar-refractivity contribution >= 4 is 39.1 Å². The van der Waals surface area contributed by atoms with Crippen LogP contribution in [0.3, 0.4) is 0 Å². The molecule has 154 valence electrons. The monoisotopic (exact) mass is 439 g/mol. The van der Waals surface area contributed by atoms with Crippen LogP contribution in [0.1, 0.15) is 67.0 Å². The smallest absolute Gasteiger partial charge is 0.342 e. The quantitative estimate of drug-likeness (QED) is 0.421. The molecule has 0 N–H and O–H groups in total. The van der Waals surface area contributed by atoms with E-state index in [4.69, 9.17) is 26.1 Å². The number of aromatic nitrogens is 1. The number of hydrogen-bond donors (Lipinski definition) is 0. The van der Waals surface area contributed by atoms with Crippen molar-refractivity contribution < 1.29 is 14.3 Å². The number of carbonyl (C=O) groups excluding carboxylic acids is 1. The number of rotatable bonds is 1. The van der Waals surface area contributed by atoms with Crippen molar-refractivity contribution in [1.29, 1.82) is 0 Å². The van der Waals surface area contributed by atoms with Gasteiger partial charge in [0.1, 0.15) is 4.83 Å². The second-order valence-electron chi connectivity index (χ2n) is 9.26. The maximum absolute atomic E-state index is 12.8. The predicted octanol–water partition coefficient (Wildman–Crippen LogP) is 6.23. The molecule has 0 amide bonds. The van der Waals surface area contributed by atoms with Gasteiger partial charge < -0.3 is 9.47 Å². The summed E-state index contributed by atoms with van der Waals surface area (Å²) in [6, 6.07) is 6.14. The molecule has 1 aliphatic heterocycles. The fourth-order valence-electron chi connectivity index (χ4n) is 5.68. The van der Waals surface area contributed by atoms with Gasteiger partial charge in [-0.3, -0.25) is 0 Å². The standard InChI is InChI=1S/C24H22ClNO3S/c1-11-16(20-22(27)29-23(2,3)28-20)17-13-8-7-12(25)10-14(13)24(4)9-5-6-15-19(24)18(17)21(26-11)30-15/h7-8,10,20H,5-6,9H2,1-4H3/t20-,24?/m0/s1. The fraction of sp³-hybridized carbons (Fsp3) is 0.417. The van der Waals surface area contributed by atoms with Gasteiger partial charge in [0.2, 0.25) is 5.79 Å². The molecule has 2 atom stereocenters. The van der Waals surface area contributed by atoms with Crippen LogP contribution >= 0.6 is 22.9 Å². The van der Waals surface area contributed by atoms with E-state index in [0.717, 1.165) is 51.5 Å². The van der Waals surface area contributed by atoms with Crippen molar-refractivity contribution in [3.8, 4) is 11.1 Å². The van der Waals surface area contributed by atoms with Crippen molar-refractivity contribution in [3.05, 3.63) is 50.5 Å². The number of ether oxygens (including phenoxy) is 2. The first kappa shape index (κ1) is 18.8. The van der Waals surface area contributed by atoms with Crippen molar-refractivity contribution in [2.75, 3.05) is 0 Å². The maximum atomic E-state index is 12.8. The lowest BCUT2D eigenvalue weighted by Gasteiger charge is -2.40. The Morgan fingerprint density at radius 1 is 1.27 bits per heavy atom. The van der Waals surface area contributed by atoms with Crippen LogP contribution in [0.2, 0.25) is 5.02 Å². The molecule has 0 radical (unpaired) electrons. The van der Waals surface area contributed by atoms with Crippen LogP contribution in [0.15, 0.2) is 18.2 Å². The SMILES string of the molecule is Cc1nc2sc3c4c2c(c1[C@@H]1OC(C)(C)OC1=O)-c1ccc(Cl)cc1C4(C)CCC3. The first-order valence-corrected chi connectivity index (χ1v) is 11.6. The zero-order valence-corrected chi connectivity index (χ0v) is 19.0. The summed E-state index contributed by atoms with van der Waals surface area (Å²) in [5.74, 6) is -1.30. The Bertz CT molecular complexity index is 1280. The lowest BCUT2D eigenvalue weighted by atomic mass is 9.63. The number of pyridine rings is 1. The van der Waals surface area contributed by atoms with E-state index in [1.807, 2.05) is 13.0 Å². The minimum Gasteiger partial charge on any atom is -0.431 e. The first-order valence-electron chi connectivity index (χ1n) is 10.4. The van der Waals surface area contributed by atoms with Crippen molar-refractivity contribution in [2.24, 2.45) is 0 Å². The fourth-order valence-corrected chi connectivity index (χ4v) is 7.25. The molecule has 3 aromatic rings. The topological polar surface area (TPSA) is 48.4 Å². The van der Waals surface area contributed by atoms with Gasteiger partial charge in [-0.15, -0.1) is 11.3 Å². The molecule has 1 saturated heterocycles. The Morgan fingerprint density at radius 3 is 2.80 bits per heavy atom. The minimum absolute atomic E-state index is 0.0937. The predicted molar refractivity (Wildman–Crippen MR) is 118 cm³/mol. The van der Waals surface area contributed by atoms with Crippen LogP contribution in [-0.4, -0.2) is 16.7 Å². The number of halogens is 1. The van der Waals surface area contributed by atoms with Gasteiger partial charge in [0.25, 0.3) is 0 Å². The molecule has 0 bridgehead atoms. The summed E-state index contributed by atoms with van der Waals surface area (Å²) >= 11 is 8.27. The molecule has 1 fully saturated rings. The summed E-state index contributed by atoms with van der Waals surface area (Å²) < 4.78 is 11.6. The van der Waals surface area contributed by atoms with Gasteiger partial charge in [-0.25, -0.2) is 9.78 Å². The molecule has 30 heavy (non-hydrogen) atoms. The molecule has 3 aliphatic rings. The molecule has 2 aliphatic carbocycles. The number of hydrogen-bond acceptors (Lipinski definition) is 5. The van der Waals surface area contributed by atoms with E-state index in [2.05, 4.69) is 19.1 Å². The highest BCUT2D eigenvalue weighted by Crippen LogP contribution is 2.58. The summed E-state index contributed by atoms with van der Waals surface area (Å²) in [5, 5.41) is 1.93. The van der Waals surface area contributed by atoms with Crippen LogP contribution in [0, 0.1) is 6.92 Å². The zero-order chi connectivity index (χ0) is 21.0.